The van der Waals surface area contributed by atoms with Gasteiger partial charge in [-0.2, -0.15) is 0 Å². The molecule has 0 radical (unpaired) electrons. The fourth-order valence-corrected chi connectivity index (χ4v) is 4.55. The highest BCUT2D eigenvalue weighted by atomic mass is 16.2. The molecule has 142 valence electrons. The molecule has 1 unspecified atom stereocenters. The van der Waals surface area contributed by atoms with Crippen molar-refractivity contribution in [2.75, 3.05) is 6.54 Å². The van der Waals surface area contributed by atoms with E-state index in [0.717, 1.165) is 36.1 Å². The van der Waals surface area contributed by atoms with Gasteiger partial charge in [-0.1, -0.05) is 91.0 Å². The van der Waals surface area contributed by atoms with Crippen molar-refractivity contribution in [3.63, 3.8) is 0 Å². The average Bonchev–Trinajstić information content (AvgIpc) is 2.77. The fourth-order valence-electron chi connectivity index (χ4n) is 4.55. The van der Waals surface area contributed by atoms with E-state index in [1.807, 2.05) is 54.6 Å². The number of rotatable bonds is 4. The molecule has 1 fully saturated rings. The third kappa shape index (κ3) is 3.13. The zero-order chi connectivity index (χ0) is 19.4. The minimum absolute atomic E-state index is 0.184. The second-order valence-electron chi connectivity index (χ2n) is 7.69. The van der Waals surface area contributed by atoms with Gasteiger partial charge in [0.05, 0.1) is 0 Å². The SMILES string of the molecule is CC1CCCCN1C(=O)C(c1ccccc1)(c1ccccc1)c1ccccc1. The molecular weight excluding hydrogens is 342 g/mol. The Kier molecular flexibility index (Phi) is 5.29. The monoisotopic (exact) mass is 369 g/mol. The summed E-state index contributed by atoms with van der Waals surface area (Å²) in [5, 5.41) is 0. The predicted octanol–water partition coefficient (Wildman–Crippen LogP) is 5.42. The summed E-state index contributed by atoms with van der Waals surface area (Å²) in [7, 11) is 0. The van der Waals surface area contributed by atoms with Crippen LogP contribution in [0.1, 0.15) is 42.9 Å². The highest BCUT2D eigenvalue weighted by Gasteiger charge is 2.47. The van der Waals surface area contributed by atoms with Crippen LogP contribution in [0.5, 0.6) is 0 Å². The van der Waals surface area contributed by atoms with Crippen LogP contribution in [0.15, 0.2) is 91.0 Å². The van der Waals surface area contributed by atoms with Crippen LogP contribution in [-0.2, 0) is 10.2 Å². The molecule has 0 aliphatic carbocycles. The van der Waals surface area contributed by atoms with E-state index in [4.69, 9.17) is 0 Å². The molecule has 1 aliphatic heterocycles. The number of amides is 1. The van der Waals surface area contributed by atoms with Gasteiger partial charge in [-0.05, 0) is 42.9 Å². The molecule has 0 aromatic heterocycles. The maximum atomic E-state index is 14.4. The van der Waals surface area contributed by atoms with E-state index in [1.54, 1.807) is 0 Å². The first-order chi connectivity index (χ1) is 13.7. The summed E-state index contributed by atoms with van der Waals surface area (Å²) in [6.07, 6.45) is 3.34. The molecule has 1 saturated heterocycles. The summed E-state index contributed by atoms with van der Waals surface area (Å²) in [6, 6.07) is 31.0. The third-order valence-electron chi connectivity index (χ3n) is 6.01. The van der Waals surface area contributed by atoms with Crippen LogP contribution in [0.25, 0.3) is 0 Å². The topological polar surface area (TPSA) is 20.3 Å². The zero-order valence-electron chi connectivity index (χ0n) is 16.4. The van der Waals surface area contributed by atoms with E-state index in [1.165, 1.54) is 6.42 Å². The minimum atomic E-state index is -0.838. The van der Waals surface area contributed by atoms with Crippen LogP contribution in [0.4, 0.5) is 0 Å². The second kappa shape index (κ2) is 8.02. The Balaban J connectivity index is 2.00. The van der Waals surface area contributed by atoms with Crippen molar-refractivity contribution in [2.45, 2.75) is 37.6 Å². The van der Waals surface area contributed by atoms with Gasteiger partial charge in [0.1, 0.15) is 5.41 Å². The van der Waals surface area contributed by atoms with Crippen LogP contribution in [0, 0.1) is 0 Å². The molecule has 3 aromatic carbocycles. The smallest absolute Gasteiger partial charge is 0.242 e. The Labute approximate surface area is 167 Å². The lowest BCUT2D eigenvalue weighted by Gasteiger charge is -2.43. The van der Waals surface area contributed by atoms with E-state index in [0.29, 0.717) is 0 Å². The number of carbonyl (C=O) groups excluding carboxylic acids is 1. The number of hydrogen-bond acceptors (Lipinski definition) is 1. The maximum absolute atomic E-state index is 14.4. The molecule has 0 N–H and O–H groups in total. The zero-order valence-corrected chi connectivity index (χ0v) is 16.4. The lowest BCUT2D eigenvalue weighted by molar-refractivity contribution is -0.137. The van der Waals surface area contributed by atoms with Crippen molar-refractivity contribution in [3.05, 3.63) is 108 Å². The standard InChI is InChI=1S/C26H27NO/c1-21-13-11-12-20-27(21)25(28)26(22-14-5-2-6-15-22,23-16-7-3-8-17-23)24-18-9-4-10-19-24/h2-10,14-19,21H,11-13,20H2,1H3. The van der Waals surface area contributed by atoms with Gasteiger partial charge in [0.25, 0.3) is 0 Å². The van der Waals surface area contributed by atoms with Crippen LogP contribution in [0.2, 0.25) is 0 Å². The lowest BCUT2D eigenvalue weighted by Crippen LogP contribution is -2.53. The van der Waals surface area contributed by atoms with E-state index >= 15 is 0 Å². The van der Waals surface area contributed by atoms with E-state index in [9.17, 15) is 4.79 Å². The highest BCUT2D eigenvalue weighted by Crippen LogP contribution is 2.42. The first kappa shape index (κ1) is 18.5. The van der Waals surface area contributed by atoms with Gasteiger partial charge in [-0.15, -0.1) is 0 Å². The quantitative estimate of drug-likeness (QED) is 0.562. The Bertz CT molecular complexity index is 808. The fraction of sp³-hybridized carbons (Fsp3) is 0.269. The van der Waals surface area contributed by atoms with Crippen molar-refractivity contribution in [2.24, 2.45) is 0 Å². The predicted molar refractivity (Wildman–Crippen MR) is 114 cm³/mol. The van der Waals surface area contributed by atoms with Gasteiger partial charge in [-0.3, -0.25) is 4.79 Å². The van der Waals surface area contributed by atoms with Crippen molar-refractivity contribution in [1.29, 1.82) is 0 Å². The number of benzene rings is 3. The van der Waals surface area contributed by atoms with Gasteiger partial charge in [0.2, 0.25) is 5.91 Å². The van der Waals surface area contributed by atoms with Crippen LogP contribution in [-0.4, -0.2) is 23.4 Å². The van der Waals surface area contributed by atoms with Gasteiger partial charge < -0.3 is 4.90 Å². The molecule has 2 heteroatoms. The summed E-state index contributed by atoms with van der Waals surface area (Å²) >= 11 is 0. The normalized spacial score (nSPS) is 17.3. The molecule has 0 spiro atoms. The Morgan fingerprint density at radius 1 is 0.750 bits per heavy atom. The number of likely N-dealkylation sites (tertiary alicyclic amines) is 1. The minimum Gasteiger partial charge on any atom is -0.339 e. The summed E-state index contributed by atoms with van der Waals surface area (Å²) in [6.45, 7) is 3.01. The Morgan fingerprint density at radius 3 is 1.57 bits per heavy atom. The molecule has 2 nitrogen and oxygen atoms in total. The maximum Gasteiger partial charge on any atom is 0.242 e. The van der Waals surface area contributed by atoms with Crippen molar-refractivity contribution < 1.29 is 4.79 Å². The van der Waals surface area contributed by atoms with Crippen LogP contribution in [0.3, 0.4) is 0 Å². The summed E-state index contributed by atoms with van der Waals surface area (Å²) in [5.74, 6) is 0.184. The average molecular weight is 370 g/mol. The van der Waals surface area contributed by atoms with Gasteiger partial charge >= 0.3 is 0 Å². The lowest BCUT2D eigenvalue weighted by atomic mass is 9.68. The largest absolute Gasteiger partial charge is 0.339 e. The van der Waals surface area contributed by atoms with E-state index in [2.05, 4.69) is 48.2 Å². The Morgan fingerprint density at radius 2 is 1.18 bits per heavy atom. The molecular formula is C26H27NO. The molecule has 1 heterocycles. The van der Waals surface area contributed by atoms with Gasteiger partial charge in [-0.25, -0.2) is 0 Å². The number of hydrogen-bond donors (Lipinski definition) is 0. The molecule has 28 heavy (non-hydrogen) atoms. The van der Waals surface area contributed by atoms with Crippen LogP contribution >= 0.6 is 0 Å². The van der Waals surface area contributed by atoms with Gasteiger partial charge in [0, 0.05) is 12.6 Å². The number of carbonyl (C=O) groups is 1. The summed E-state index contributed by atoms with van der Waals surface area (Å²) in [4.78, 5) is 16.5. The highest BCUT2D eigenvalue weighted by molar-refractivity contribution is 5.96. The van der Waals surface area contributed by atoms with Crippen molar-refractivity contribution in [3.8, 4) is 0 Å². The molecule has 1 aliphatic rings. The Hall–Kier alpha value is -2.87. The second-order valence-corrected chi connectivity index (χ2v) is 7.69. The van der Waals surface area contributed by atoms with Gasteiger partial charge in [0.15, 0.2) is 0 Å². The molecule has 1 amide bonds. The first-order valence-corrected chi connectivity index (χ1v) is 10.2. The van der Waals surface area contributed by atoms with Crippen molar-refractivity contribution in [1.82, 2.24) is 4.90 Å². The molecule has 1 atom stereocenters. The van der Waals surface area contributed by atoms with Crippen molar-refractivity contribution >= 4 is 5.91 Å². The van der Waals surface area contributed by atoms with E-state index < -0.39 is 5.41 Å². The summed E-state index contributed by atoms with van der Waals surface area (Å²) < 4.78 is 0. The molecule has 0 saturated carbocycles. The van der Waals surface area contributed by atoms with Crippen LogP contribution < -0.4 is 0 Å². The molecule has 4 rings (SSSR count). The molecule has 0 bridgehead atoms. The third-order valence-corrected chi connectivity index (χ3v) is 6.01. The first-order valence-electron chi connectivity index (χ1n) is 10.2. The van der Waals surface area contributed by atoms with E-state index in [-0.39, 0.29) is 11.9 Å². The molecule has 3 aromatic rings. The number of nitrogens with zero attached hydrogens (tertiary/aromatic N) is 1. The number of piperidine rings is 1. The summed E-state index contributed by atoms with van der Waals surface area (Å²) in [5.41, 5.74) is 2.23.